The van der Waals surface area contributed by atoms with Gasteiger partial charge in [-0.3, -0.25) is 0 Å². The third kappa shape index (κ3) is 1.46. The summed E-state index contributed by atoms with van der Waals surface area (Å²) >= 11 is 3.34. The van der Waals surface area contributed by atoms with E-state index in [0.29, 0.717) is 10.9 Å². The van der Waals surface area contributed by atoms with E-state index in [1.54, 1.807) is 25.2 Å². The molecule has 0 spiro atoms. The summed E-state index contributed by atoms with van der Waals surface area (Å²) in [6, 6.07) is 6.55. The molecular formula is C10H8BrFN2. The molecule has 0 atom stereocenters. The SMILES string of the molecule is CNc1ccc2c(F)ccc(Br)c2n1. The Labute approximate surface area is 89.3 Å². The Morgan fingerprint density at radius 3 is 2.79 bits per heavy atom. The van der Waals surface area contributed by atoms with Crippen molar-refractivity contribution in [2.45, 2.75) is 0 Å². The third-order valence-electron chi connectivity index (χ3n) is 2.01. The van der Waals surface area contributed by atoms with E-state index in [2.05, 4.69) is 26.2 Å². The highest BCUT2D eigenvalue weighted by atomic mass is 79.9. The van der Waals surface area contributed by atoms with Gasteiger partial charge >= 0.3 is 0 Å². The molecule has 4 heteroatoms. The van der Waals surface area contributed by atoms with Crippen molar-refractivity contribution in [3.8, 4) is 0 Å². The van der Waals surface area contributed by atoms with Crippen LogP contribution in [0.3, 0.4) is 0 Å². The molecule has 0 radical (unpaired) electrons. The first-order valence-electron chi connectivity index (χ1n) is 4.15. The highest BCUT2D eigenvalue weighted by molar-refractivity contribution is 9.10. The largest absolute Gasteiger partial charge is 0.373 e. The first kappa shape index (κ1) is 9.40. The number of aromatic nitrogens is 1. The van der Waals surface area contributed by atoms with Gasteiger partial charge in [0.15, 0.2) is 0 Å². The minimum atomic E-state index is -0.252. The first-order valence-corrected chi connectivity index (χ1v) is 4.94. The molecule has 0 aliphatic rings. The summed E-state index contributed by atoms with van der Waals surface area (Å²) in [4.78, 5) is 4.26. The average molecular weight is 255 g/mol. The van der Waals surface area contributed by atoms with Crippen molar-refractivity contribution in [3.05, 3.63) is 34.6 Å². The van der Waals surface area contributed by atoms with Gasteiger partial charge in [0.2, 0.25) is 0 Å². The molecular weight excluding hydrogens is 247 g/mol. The fraction of sp³-hybridized carbons (Fsp3) is 0.100. The van der Waals surface area contributed by atoms with Gasteiger partial charge in [-0.25, -0.2) is 9.37 Å². The molecule has 1 aromatic carbocycles. The van der Waals surface area contributed by atoms with Crippen molar-refractivity contribution in [1.29, 1.82) is 0 Å². The summed E-state index contributed by atoms with van der Waals surface area (Å²) in [6.07, 6.45) is 0. The number of nitrogens with one attached hydrogen (secondary N) is 1. The maximum Gasteiger partial charge on any atom is 0.132 e. The number of fused-ring (bicyclic) bond motifs is 1. The lowest BCUT2D eigenvalue weighted by molar-refractivity contribution is 0.639. The molecule has 1 heterocycles. The highest BCUT2D eigenvalue weighted by Gasteiger charge is 2.05. The molecule has 0 saturated heterocycles. The van der Waals surface area contributed by atoms with Crippen molar-refractivity contribution in [2.75, 3.05) is 12.4 Å². The molecule has 2 aromatic rings. The molecule has 0 unspecified atom stereocenters. The average Bonchev–Trinajstić information content (AvgIpc) is 2.23. The van der Waals surface area contributed by atoms with E-state index in [1.807, 2.05) is 0 Å². The number of anilines is 1. The van der Waals surface area contributed by atoms with E-state index in [1.165, 1.54) is 6.07 Å². The first-order chi connectivity index (χ1) is 6.72. The van der Waals surface area contributed by atoms with Crippen LogP contribution in [0.4, 0.5) is 10.2 Å². The van der Waals surface area contributed by atoms with E-state index in [4.69, 9.17) is 0 Å². The van der Waals surface area contributed by atoms with Crippen LogP contribution in [0.2, 0.25) is 0 Å². The molecule has 0 aliphatic heterocycles. The van der Waals surface area contributed by atoms with Crippen LogP contribution >= 0.6 is 15.9 Å². The zero-order valence-electron chi connectivity index (χ0n) is 7.51. The van der Waals surface area contributed by atoms with Crippen LogP contribution in [-0.2, 0) is 0 Å². The van der Waals surface area contributed by atoms with E-state index in [0.717, 1.165) is 10.3 Å². The molecule has 0 saturated carbocycles. The maximum absolute atomic E-state index is 13.3. The lowest BCUT2D eigenvalue weighted by atomic mass is 10.2. The molecule has 1 N–H and O–H groups in total. The van der Waals surface area contributed by atoms with Gasteiger partial charge in [-0.1, -0.05) is 0 Å². The quantitative estimate of drug-likeness (QED) is 0.846. The van der Waals surface area contributed by atoms with E-state index >= 15 is 0 Å². The van der Waals surface area contributed by atoms with Gasteiger partial charge in [0.25, 0.3) is 0 Å². The normalized spacial score (nSPS) is 10.5. The lowest BCUT2D eigenvalue weighted by Gasteiger charge is -2.04. The zero-order valence-corrected chi connectivity index (χ0v) is 9.10. The Morgan fingerprint density at radius 2 is 2.07 bits per heavy atom. The van der Waals surface area contributed by atoms with Crippen molar-refractivity contribution in [3.63, 3.8) is 0 Å². The minimum absolute atomic E-state index is 0.252. The number of benzene rings is 1. The van der Waals surface area contributed by atoms with Gasteiger partial charge < -0.3 is 5.32 Å². The summed E-state index contributed by atoms with van der Waals surface area (Å²) < 4.78 is 14.1. The summed E-state index contributed by atoms with van der Waals surface area (Å²) in [5.74, 6) is 0.474. The van der Waals surface area contributed by atoms with Crippen LogP contribution in [0.15, 0.2) is 28.7 Å². The predicted octanol–water partition coefficient (Wildman–Crippen LogP) is 3.18. The number of nitrogens with zero attached hydrogens (tertiary/aromatic N) is 1. The second kappa shape index (κ2) is 3.53. The van der Waals surface area contributed by atoms with Crippen molar-refractivity contribution < 1.29 is 4.39 Å². The van der Waals surface area contributed by atoms with Crippen LogP contribution in [0.25, 0.3) is 10.9 Å². The molecule has 0 aliphatic carbocycles. The van der Waals surface area contributed by atoms with E-state index in [-0.39, 0.29) is 5.82 Å². The Bertz CT molecular complexity index is 485. The van der Waals surface area contributed by atoms with Crippen LogP contribution < -0.4 is 5.32 Å². The topological polar surface area (TPSA) is 24.9 Å². The molecule has 14 heavy (non-hydrogen) atoms. The maximum atomic E-state index is 13.3. The molecule has 72 valence electrons. The Hall–Kier alpha value is -1.16. The van der Waals surface area contributed by atoms with E-state index in [9.17, 15) is 4.39 Å². The van der Waals surface area contributed by atoms with Gasteiger partial charge in [0, 0.05) is 16.9 Å². The fourth-order valence-electron chi connectivity index (χ4n) is 1.29. The van der Waals surface area contributed by atoms with Gasteiger partial charge in [-0.05, 0) is 40.2 Å². The van der Waals surface area contributed by atoms with Crippen LogP contribution in [-0.4, -0.2) is 12.0 Å². The monoisotopic (exact) mass is 254 g/mol. The number of hydrogen-bond acceptors (Lipinski definition) is 2. The molecule has 0 amide bonds. The number of halogens is 2. The minimum Gasteiger partial charge on any atom is -0.373 e. The third-order valence-corrected chi connectivity index (χ3v) is 2.65. The number of pyridine rings is 1. The van der Waals surface area contributed by atoms with Crippen LogP contribution in [0.5, 0.6) is 0 Å². The fourth-order valence-corrected chi connectivity index (χ4v) is 1.72. The Kier molecular flexibility index (Phi) is 2.37. The zero-order chi connectivity index (χ0) is 10.1. The summed E-state index contributed by atoms with van der Waals surface area (Å²) in [7, 11) is 1.78. The molecule has 2 rings (SSSR count). The lowest BCUT2D eigenvalue weighted by Crippen LogP contribution is -1.93. The Balaban J connectivity index is 2.80. The second-order valence-electron chi connectivity index (χ2n) is 2.87. The molecule has 0 fully saturated rings. The standard InChI is InChI=1S/C10H8BrFN2/c1-13-9-5-2-6-8(12)4-3-7(11)10(6)14-9/h2-5H,1H3,(H,13,14). The molecule has 0 bridgehead atoms. The highest BCUT2D eigenvalue weighted by Crippen LogP contribution is 2.25. The number of rotatable bonds is 1. The van der Waals surface area contributed by atoms with E-state index < -0.39 is 0 Å². The van der Waals surface area contributed by atoms with Gasteiger partial charge in [0.1, 0.15) is 11.6 Å². The van der Waals surface area contributed by atoms with Crippen molar-refractivity contribution in [1.82, 2.24) is 4.98 Å². The molecule has 2 nitrogen and oxygen atoms in total. The second-order valence-corrected chi connectivity index (χ2v) is 3.73. The Morgan fingerprint density at radius 1 is 1.29 bits per heavy atom. The van der Waals surface area contributed by atoms with Gasteiger partial charge in [-0.2, -0.15) is 0 Å². The van der Waals surface area contributed by atoms with Crippen LogP contribution in [0.1, 0.15) is 0 Å². The van der Waals surface area contributed by atoms with Crippen molar-refractivity contribution >= 4 is 32.7 Å². The van der Waals surface area contributed by atoms with Crippen LogP contribution in [0, 0.1) is 5.82 Å². The van der Waals surface area contributed by atoms with Gasteiger partial charge in [-0.15, -0.1) is 0 Å². The smallest absolute Gasteiger partial charge is 0.132 e. The van der Waals surface area contributed by atoms with Gasteiger partial charge in [0.05, 0.1) is 5.52 Å². The summed E-state index contributed by atoms with van der Waals surface area (Å²) in [6.45, 7) is 0. The van der Waals surface area contributed by atoms with Crippen molar-refractivity contribution in [2.24, 2.45) is 0 Å². The predicted molar refractivity (Wildman–Crippen MR) is 58.9 cm³/mol. The number of hydrogen-bond donors (Lipinski definition) is 1. The summed E-state index contributed by atoms with van der Waals surface area (Å²) in [5.41, 5.74) is 0.636. The summed E-state index contributed by atoms with van der Waals surface area (Å²) in [5, 5.41) is 3.44. The molecule has 1 aromatic heterocycles.